The van der Waals surface area contributed by atoms with Crippen LogP contribution in [0.1, 0.15) is 18.4 Å². The zero-order valence-electron chi connectivity index (χ0n) is 8.98. The van der Waals surface area contributed by atoms with Crippen LogP contribution in [0, 0.1) is 10.1 Å². The molecule has 1 aromatic rings. The number of allylic oxidation sites excluding steroid dienone is 1. The summed E-state index contributed by atoms with van der Waals surface area (Å²) in [5.74, 6) is -0.125. The molecule has 1 heterocycles. The summed E-state index contributed by atoms with van der Waals surface area (Å²) < 4.78 is 0. The van der Waals surface area contributed by atoms with Gasteiger partial charge < -0.3 is 5.32 Å². The van der Waals surface area contributed by atoms with Crippen LogP contribution >= 0.6 is 11.6 Å². The van der Waals surface area contributed by atoms with Crippen molar-refractivity contribution in [2.24, 2.45) is 0 Å². The molecule has 0 spiro atoms. The number of pyridine rings is 1. The lowest BCUT2D eigenvalue weighted by molar-refractivity contribution is -0.404. The van der Waals surface area contributed by atoms with Crippen molar-refractivity contribution in [3.8, 4) is 0 Å². The number of aromatic nitrogens is 1. The fourth-order valence-electron chi connectivity index (χ4n) is 1.33. The van der Waals surface area contributed by atoms with Gasteiger partial charge in [-0.2, -0.15) is 0 Å². The highest BCUT2D eigenvalue weighted by molar-refractivity contribution is 6.29. The molecule has 1 N–H and O–H groups in total. The molecule has 5 nitrogen and oxygen atoms in total. The molecule has 0 radical (unpaired) electrons. The van der Waals surface area contributed by atoms with E-state index in [1.165, 1.54) is 0 Å². The number of hydrogen-bond acceptors (Lipinski definition) is 4. The Kier molecular flexibility index (Phi) is 4.25. The number of rotatable bonds is 4. The van der Waals surface area contributed by atoms with Gasteiger partial charge in [-0.15, -0.1) is 0 Å². The molecule has 86 valence electrons. The van der Waals surface area contributed by atoms with Crippen LogP contribution in [0.15, 0.2) is 30.2 Å². The summed E-state index contributed by atoms with van der Waals surface area (Å²) in [4.78, 5) is 13.9. The molecule has 0 aliphatic rings. The van der Waals surface area contributed by atoms with Crippen molar-refractivity contribution in [2.75, 3.05) is 7.05 Å². The van der Waals surface area contributed by atoms with Gasteiger partial charge in [0.15, 0.2) is 0 Å². The van der Waals surface area contributed by atoms with Gasteiger partial charge in [-0.3, -0.25) is 10.1 Å². The normalized spacial score (nSPS) is 13.3. The molecule has 0 amide bonds. The minimum absolute atomic E-state index is 0.125. The maximum absolute atomic E-state index is 10.4. The molecule has 0 saturated heterocycles. The van der Waals surface area contributed by atoms with E-state index >= 15 is 0 Å². The quantitative estimate of drug-likeness (QED) is 0.498. The smallest absolute Gasteiger partial charge is 0.253 e. The summed E-state index contributed by atoms with van der Waals surface area (Å²) in [6, 6.07) is 3.46. The standard InChI is InChI=1S/C10H12ClN3O2/c1-7(9(12-2)6-14(15)16)8-3-4-10(11)13-5-8/h3-7,12H,1-2H3. The van der Waals surface area contributed by atoms with E-state index in [1.54, 1.807) is 25.4 Å². The largest absolute Gasteiger partial charge is 0.386 e. The molecule has 1 rings (SSSR count). The van der Waals surface area contributed by atoms with Crippen molar-refractivity contribution in [3.63, 3.8) is 0 Å². The van der Waals surface area contributed by atoms with Gasteiger partial charge in [0.1, 0.15) is 5.15 Å². The SMILES string of the molecule is CNC(=C[N+](=O)[O-])C(C)c1ccc(Cl)nc1. The number of nitrogens with one attached hydrogen (secondary N) is 1. The van der Waals surface area contributed by atoms with Crippen LogP contribution in [0.25, 0.3) is 0 Å². The molecular weight excluding hydrogens is 230 g/mol. The minimum atomic E-state index is -0.480. The monoisotopic (exact) mass is 241 g/mol. The third kappa shape index (κ3) is 3.20. The Morgan fingerprint density at radius 3 is 2.81 bits per heavy atom. The molecule has 0 aliphatic carbocycles. The molecular formula is C10H12ClN3O2. The van der Waals surface area contributed by atoms with Gasteiger partial charge in [-0.05, 0) is 11.6 Å². The van der Waals surface area contributed by atoms with Crippen molar-refractivity contribution < 1.29 is 4.92 Å². The highest BCUT2D eigenvalue weighted by Gasteiger charge is 2.13. The topological polar surface area (TPSA) is 68.1 Å². The molecule has 1 unspecified atom stereocenters. The molecule has 6 heteroatoms. The molecule has 16 heavy (non-hydrogen) atoms. The fraction of sp³-hybridized carbons (Fsp3) is 0.300. The molecule has 0 fully saturated rings. The van der Waals surface area contributed by atoms with E-state index in [9.17, 15) is 10.1 Å². The maximum atomic E-state index is 10.4. The van der Waals surface area contributed by atoms with Gasteiger partial charge in [-0.25, -0.2) is 4.98 Å². The third-order valence-corrected chi connectivity index (χ3v) is 2.47. The summed E-state index contributed by atoms with van der Waals surface area (Å²) in [5.41, 5.74) is 1.39. The average molecular weight is 242 g/mol. The third-order valence-electron chi connectivity index (χ3n) is 2.25. The first kappa shape index (κ1) is 12.4. The van der Waals surface area contributed by atoms with Crippen LogP contribution < -0.4 is 5.32 Å². The predicted molar refractivity (Wildman–Crippen MR) is 61.8 cm³/mol. The van der Waals surface area contributed by atoms with E-state index < -0.39 is 4.92 Å². The number of likely N-dealkylation sites (N-methyl/N-ethyl adjacent to an activating group) is 1. The number of nitrogens with zero attached hydrogens (tertiary/aromatic N) is 2. The highest BCUT2D eigenvalue weighted by atomic mass is 35.5. The minimum Gasteiger partial charge on any atom is -0.386 e. The lowest BCUT2D eigenvalue weighted by Gasteiger charge is -2.13. The van der Waals surface area contributed by atoms with E-state index in [2.05, 4.69) is 10.3 Å². The molecule has 0 aliphatic heterocycles. The Morgan fingerprint density at radius 2 is 2.38 bits per heavy atom. The lowest BCUT2D eigenvalue weighted by Crippen LogP contribution is -2.14. The fourth-order valence-corrected chi connectivity index (χ4v) is 1.44. The van der Waals surface area contributed by atoms with Gasteiger partial charge in [0.2, 0.25) is 0 Å². The molecule has 1 aromatic heterocycles. The first-order valence-electron chi connectivity index (χ1n) is 4.69. The Bertz CT molecular complexity index is 403. The molecule has 1 atom stereocenters. The Labute approximate surface area is 98.3 Å². The lowest BCUT2D eigenvalue weighted by atomic mass is 10.00. The Hall–Kier alpha value is -1.62. The molecule has 0 bridgehead atoms. The predicted octanol–water partition coefficient (Wildman–Crippen LogP) is 2.18. The summed E-state index contributed by atoms with van der Waals surface area (Å²) in [5, 5.41) is 13.6. The summed E-state index contributed by atoms with van der Waals surface area (Å²) in [7, 11) is 1.65. The van der Waals surface area contributed by atoms with Crippen LogP contribution in [-0.2, 0) is 0 Å². The number of nitro groups is 1. The second-order valence-corrected chi connectivity index (χ2v) is 3.64. The summed E-state index contributed by atoms with van der Waals surface area (Å²) in [6.45, 7) is 1.86. The van der Waals surface area contributed by atoms with E-state index in [4.69, 9.17) is 11.6 Å². The first-order valence-corrected chi connectivity index (χ1v) is 5.06. The maximum Gasteiger partial charge on any atom is 0.253 e. The van der Waals surface area contributed by atoms with E-state index in [-0.39, 0.29) is 5.92 Å². The van der Waals surface area contributed by atoms with Crippen molar-refractivity contribution in [1.82, 2.24) is 10.3 Å². The van der Waals surface area contributed by atoms with Gasteiger partial charge in [0, 0.05) is 19.2 Å². The van der Waals surface area contributed by atoms with Crippen LogP contribution in [-0.4, -0.2) is 17.0 Å². The van der Waals surface area contributed by atoms with Crippen LogP contribution in [0.2, 0.25) is 5.15 Å². The van der Waals surface area contributed by atoms with Crippen LogP contribution in [0.4, 0.5) is 0 Å². The van der Waals surface area contributed by atoms with E-state index in [0.717, 1.165) is 11.8 Å². The van der Waals surface area contributed by atoms with Gasteiger partial charge in [-0.1, -0.05) is 24.6 Å². The van der Waals surface area contributed by atoms with Crippen molar-refractivity contribution in [2.45, 2.75) is 12.8 Å². The van der Waals surface area contributed by atoms with Crippen molar-refractivity contribution >= 4 is 11.6 Å². The van der Waals surface area contributed by atoms with Crippen molar-refractivity contribution in [3.05, 3.63) is 51.1 Å². The van der Waals surface area contributed by atoms with Crippen LogP contribution in [0.3, 0.4) is 0 Å². The Morgan fingerprint density at radius 1 is 1.69 bits per heavy atom. The zero-order valence-corrected chi connectivity index (χ0v) is 9.73. The van der Waals surface area contributed by atoms with Gasteiger partial charge in [0.25, 0.3) is 6.20 Å². The second kappa shape index (κ2) is 5.46. The number of hydrogen-bond donors (Lipinski definition) is 1. The average Bonchev–Trinajstić information content (AvgIpc) is 2.25. The highest BCUT2D eigenvalue weighted by Crippen LogP contribution is 2.21. The van der Waals surface area contributed by atoms with Crippen molar-refractivity contribution in [1.29, 1.82) is 0 Å². The van der Waals surface area contributed by atoms with E-state index in [1.807, 2.05) is 6.92 Å². The van der Waals surface area contributed by atoms with Gasteiger partial charge in [0.05, 0.1) is 10.6 Å². The second-order valence-electron chi connectivity index (χ2n) is 3.26. The molecule has 0 saturated carbocycles. The van der Waals surface area contributed by atoms with Gasteiger partial charge >= 0.3 is 0 Å². The number of halogens is 1. The van der Waals surface area contributed by atoms with Crippen LogP contribution in [0.5, 0.6) is 0 Å². The first-order chi connectivity index (χ1) is 7.54. The van der Waals surface area contributed by atoms with E-state index in [0.29, 0.717) is 10.9 Å². The summed E-state index contributed by atoms with van der Waals surface area (Å²) in [6.07, 6.45) is 2.57. The summed E-state index contributed by atoms with van der Waals surface area (Å²) >= 11 is 5.66. The Balaban J connectivity index is 2.95. The zero-order chi connectivity index (χ0) is 12.1. The molecule has 0 aromatic carbocycles.